The number of aromatic nitrogens is 2. The number of carbonyl (C=O) groups excluding carboxylic acids is 1. The van der Waals surface area contributed by atoms with E-state index in [2.05, 4.69) is 14.9 Å². The van der Waals surface area contributed by atoms with Crippen LogP contribution in [-0.2, 0) is 7.05 Å². The maximum absolute atomic E-state index is 14.0. The largest absolute Gasteiger partial charge is 0.347 e. The molecule has 150 valence electrons. The summed E-state index contributed by atoms with van der Waals surface area (Å²) in [6, 6.07) is 8.72. The molecule has 4 rings (SSSR count). The van der Waals surface area contributed by atoms with Gasteiger partial charge >= 0.3 is 0 Å². The van der Waals surface area contributed by atoms with E-state index in [1.54, 1.807) is 18.3 Å². The van der Waals surface area contributed by atoms with Crippen molar-refractivity contribution in [3.63, 3.8) is 0 Å². The van der Waals surface area contributed by atoms with Gasteiger partial charge in [-0.15, -0.1) is 0 Å². The second-order valence-corrected chi connectivity index (χ2v) is 8.01. The smallest absolute Gasteiger partial charge is 0.270 e. The number of likely N-dealkylation sites (N-methyl/N-ethyl adjacent to an activating group) is 1. The molecule has 0 fully saturated rings. The molecular formula is C23H25FN4O. The van der Waals surface area contributed by atoms with Crippen LogP contribution in [0, 0.1) is 12.7 Å². The Morgan fingerprint density at radius 2 is 1.93 bits per heavy atom. The monoisotopic (exact) mass is 392 g/mol. The normalized spacial score (nSPS) is 12.9. The zero-order valence-corrected chi connectivity index (χ0v) is 17.4. The summed E-state index contributed by atoms with van der Waals surface area (Å²) < 4.78 is 16.0. The summed E-state index contributed by atoms with van der Waals surface area (Å²) in [5, 5.41) is 6.55. The zero-order chi connectivity index (χ0) is 20.9. The lowest BCUT2D eigenvalue weighted by Crippen LogP contribution is -2.39. The number of nitrogens with zero attached hydrogens (tertiary/aromatic N) is 3. The van der Waals surface area contributed by atoms with E-state index >= 15 is 0 Å². The molecule has 0 bridgehead atoms. The van der Waals surface area contributed by atoms with Gasteiger partial charge in [0.05, 0.1) is 5.52 Å². The summed E-state index contributed by atoms with van der Waals surface area (Å²) in [6.45, 7) is 4.75. The van der Waals surface area contributed by atoms with Gasteiger partial charge in [0.1, 0.15) is 11.5 Å². The molecule has 0 saturated carbocycles. The highest BCUT2D eigenvalue weighted by Crippen LogP contribution is 2.35. The van der Waals surface area contributed by atoms with Gasteiger partial charge in [-0.25, -0.2) is 4.39 Å². The Morgan fingerprint density at radius 1 is 1.17 bits per heavy atom. The molecule has 0 spiro atoms. The number of pyridine rings is 1. The van der Waals surface area contributed by atoms with Gasteiger partial charge in [0.25, 0.3) is 5.91 Å². The minimum Gasteiger partial charge on any atom is -0.347 e. The van der Waals surface area contributed by atoms with Gasteiger partial charge in [0.15, 0.2) is 0 Å². The van der Waals surface area contributed by atoms with Crippen molar-refractivity contribution >= 4 is 38.5 Å². The van der Waals surface area contributed by atoms with Crippen molar-refractivity contribution in [1.29, 1.82) is 0 Å². The highest BCUT2D eigenvalue weighted by molar-refractivity contribution is 6.17. The van der Waals surface area contributed by atoms with Gasteiger partial charge in [-0.2, -0.15) is 0 Å². The first-order valence-electron chi connectivity index (χ1n) is 9.69. The number of benzene rings is 2. The maximum Gasteiger partial charge on any atom is 0.270 e. The second-order valence-electron chi connectivity index (χ2n) is 8.01. The molecule has 0 aliphatic carbocycles. The Morgan fingerprint density at radius 3 is 2.66 bits per heavy atom. The van der Waals surface area contributed by atoms with Crippen molar-refractivity contribution in [2.45, 2.75) is 19.9 Å². The molecule has 1 atom stereocenters. The van der Waals surface area contributed by atoms with Crippen LogP contribution in [0.2, 0.25) is 0 Å². The fraction of sp³-hybridized carbons (Fsp3) is 0.304. The number of aryl methyl sites for hydroxylation is 2. The molecule has 29 heavy (non-hydrogen) atoms. The van der Waals surface area contributed by atoms with Gasteiger partial charge in [-0.1, -0.05) is 0 Å². The van der Waals surface area contributed by atoms with E-state index in [4.69, 9.17) is 0 Å². The van der Waals surface area contributed by atoms with Crippen LogP contribution in [0.25, 0.3) is 32.6 Å². The third-order valence-corrected chi connectivity index (χ3v) is 5.47. The van der Waals surface area contributed by atoms with Crippen LogP contribution in [0.1, 0.15) is 23.0 Å². The number of amides is 1. The summed E-state index contributed by atoms with van der Waals surface area (Å²) in [4.78, 5) is 19.4. The fourth-order valence-corrected chi connectivity index (χ4v) is 4.33. The van der Waals surface area contributed by atoms with Crippen LogP contribution >= 0.6 is 0 Å². The van der Waals surface area contributed by atoms with E-state index in [1.807, 2.05) is 52.0 Å². The first kappa shape index (κ1) is 19.3. The topological polar surface area (TPSA) is 50.2 Å². The molecule has 2 aromatic heterocycles. The lowest BCUT2D eigenvalue weighted by atomic mass is 10.00. The maximum atomic E-state index is 14.0. The molecule has 4 aromatic rings. The van der Waals surface area contributed by atoms with E-state index in [-0.39, 0.29) is 17.8 Å². The van der Waals surface area contributed by atoms with Crippen molar-refractivity contribution in [3.8, 4) is 0 Å². The molecule has 1 amide bonds. The summed E-state index contributed by atoms with van der Waals surface area (Å²) in [6.07, 6.45) is 1.68. The van der Waals surface area contributed by atoms with Gasteiger partial charge in [0.2, 0.25) is 0 Å². The van der Waals surface area contributed by atoms with Crippen LogP contribution in [-0.4, -0.2) is 47.0 Å². The van der Waals surface area contributed by atoms with Crippen molar-refractivity contribution in [2.24, 2.45) is 7.05 Å². The van der Waals surface area contributed by atoms with Crippen LogP contribution in [0.3, 0.4) is 0 Å². The predicted molar refractivity (Wildman–Crippen MR) is 116 cm³/mol. The Bertz CT molecular complexity index is 1260. The number of hydrogen-bond acceptors (Lipinski definition) is 3. The number of rotatable bonds is 4. The highest BCUT2D eigenvalue weighted by atomic mass is 19.1. The zero-order valence-electron chi connectivity index (χ0n) is 17.4. The molecule has 0 aliphatic rings. The average Bonchev–Trinajstić information content (AvgIpc) is 2.92. The average molecular weight is 392 g/mol. The Hall–Kier alpha value is -2.99. The lowest BCUT2D eigenvalue weighted by molar-refractivity contribution is 0.0931. The number of nitrogens with one attached hydrogen (secondary N) is 1. The standard InChI is InChI=1S/C23H25FN4O/c1-13(12-27(3)4)26-23(29)21-18-11-19-17-10-15(24)6-7-20(17)28(5)22(19)14(2)16(18)8-9-25-21/h6-11,13H,12H2,1-5H3,(H,26,29). The summed E-state index contributed by atoms with van der Waals surface area (Å²) >= 11 is 0. The van der Waals surface area contributed by atoms with Crippen LogP contribution in [0.5, 0.6) is 0 Å². The molecule has 1 unspecified atom stereocenters. The van der Waals surface area contributed by atoms with E-state index < -0.39 is 0 Å². The van der Waals surface area contributed by atoms with Crippen LogP contribution in [0.15, 0.2) is 36.5 Å². The van der Waals surface area contributed by atoms with Crippen LogP contribution in [0.4, 0.5) is 4.39 Å². The van der Waals surface area contributed by atoms with Crippen molar-refractivity contribution in [3.05, 3.63) is 53.6 Å². The Labute approximate surface area is 169 Å². The van der Waals surface area contributed by atoms with Gasteiger partial charge in [-0.3, -0.25) is 9.78 Å². The van der Waals surface area contributed by atoms with Crippen molar-refractivity contribution < 1.29 is 9.18 Å². The van der Waals surface area contributed by atoms with Gasteiger partial charge < -0.3 is 14.8 Å². The molecule has 2 aromatic carbocycles. The Balaban J connectivity index is 1.94. The fourth-order valence-electron chi connectivity index (χ4n) is 4.33. The minimum atomic E-state index is -0.274. The number of halogens is 1. The second kappa shape index (κ2) is 7.12. The predicted octanol–water partition coefficient (Wildman–Crippen LogP) is 4.01. The molecular weight excluding hydrogens is 367 g/mol. The van der Waals surface area contributed by atoms with Gasteiger partial charge in [-0.05, 0) is 69.2 Å². The Kier molecular flexibility index (Phi) is 4.74. The van der Waals surface area contributed by atoms with E-state index in [9.17, 15) is 9.18 Å². The summed E-state index contributed by atoms with van der Waals surface area (Å²) in [5.41, 5.74) is 3.44. The van der Waals surface area contributed by atoms with E-state index in [0.717, 1.165) is 44.7 Å². The molecule has 2 heterocycles. The summed E-state index contributed by atoms with van der Waals surface area (Å²) in [5.74, 6) is -0.473. The molecule has 1 N–H and O–H groups in total. The quantitative estimate of drug-likeness (QED) is 0.571. The SMILES string of the molecule is Cc1c2ccnc(C(=O)NC(C)CN(C)C)c2cc2c3cc(F)ccc3n(C)c12. The lowest BCUT2D eigenvalue weighted by Gasteiger charge is -2.18. The first-order chi connectivity index (χ1) is 13.8. The first-order valence-corrected chi connectivity index (χ1v) is 9.69. The number of carbonyl (C=O) groups is 1. The van der Waals surface area contributed by atoms with Gasteiger partial charge in [0, 0.05) is 47.5 Å². The third-order valence-electron chi connectivity index (χ3n) is 5.47. The summed E-state index contributed by atoms with van der Waals surface area (Å²) in [7, 11) is 5.93. The number of fused-ring (bicyclic) bond motifs is 4. The molecule has 5 nitrogen and oxygen atoms in total. The van der Waals surface area contributed by atoms with Crippen molar-refractivity contribution in [2.75, 3.05) is 20.6 Å². The van der Waals surface area contributed by atoms with E-state index in [1.165, 1.54) is 6.07 Å². The molecule has 0 radical (unpaired) electrons. The van der Waals surface area contributed by atoms with Crippen LogP contribution < -0.4 is 5.32 Å². The van der Waals surface area contributed by atoms with E-state index in [0.29, 0.717) is 5.69 Å². The minimum absolute atomic E-state index is 0.00830. The number of hydrogen-bond donors (Lipinski definition) is 1. The molecule has 0 aliphatic heterocycles. The molecule has 0 saturated heterocycles. The molecule has 6 heteroatoms. The highest BCUT2D eigenvalue weighted by Gasteiger charge is 2.19. The van der Waals surface area contributed by atoms with Crippen molar-refractivity contribution in [1.82, 2.24) is 19.8 Å². The third kappa shape index (κ3) is 3.23.